The molecule has 2 aromatic heterocycles. The van der Waals surface area contributed by atoms with E-state index in [0.717, 1.165) is 11.5 Å². The van der Waals surface area contributed by atoms with Crippen LogP contribution in [0.3, 0.4) is 0 Å². The van der Waals surface area contributed by atoms with E-state index in [1.165, 1.54) is 6.20 Å². The third-order valence-electron chi connectivity index (χ3n) is 1.66. The van der Waals surface area contributed by atoms with Gasteiger partial charge in [-0.1, -0.05) is 4.49 Å². The fourth-order valence-electron chi connectivity index (χ4n) is 0.986. The lowest BCUT2D eigenvalue weighted by Gasteiger charge is -1.96. The summed E-state index contributed by atoms with van der Waals surface area (Å²) in [5.41, 5.74) is 6.82. The smallest absolute Gasteiger partial charge is 0.132 e. The molecule has 0 aliphatic heterocycles. The lowest BCUT2D eigenvalue weighted by Crippen LogP contribution is -2.02. The van der Waals surface area contributed by atoms with Crippen molar-refractivity contribution < 1.29 is 0 Å². The van der Waals surface area contributed by atoms with Crippen LogP contribution in [0.4, 0.5) is 5.00 Å². The number of nitrogens with two attached hydrogens (primary N) is 1. The van der Waals surface area contributed by atoms with Crippen molar-refractivity contribution in [1.82, 2.24) is 19.4 Å². The van der Waals surface area contributed by atoms with Crippen molar-refractivity contribution in [3.63, 3.8) is 0 Å². The predicted molar refractivity (Wildman–Crippen MR) is 50.4 cm³/mol. The largest absolute Gasteiger partial charge is 0.388 e. The van der Waals surface area contributed by atoms with Crippen molar-refractivity contribution >= 4 is 16.5 Å². The molecule has 0 saturated carbocycles. The fraction of sp³-hybridized carbons (Fsp3) is 0.143. The molecular weight excluding hydrogens is 200 g/mol. The van der Waals surface area contributed by atoms with Gasteiger partial charge in [0.1, 0.15) is 16.8 Å². The first-order valence-corrected chi connectivity index (χ1v) is 4.56. The molecule has 0 aliphatic carbocycles. The fourth-order valence-corrected chi connectivity index (χ4v) is 1.42. The molecule has 70 valence electrons. The third kappa shape index (κ3) is 1.55. The molecule has 0 unspecified atom stereocenters. The Morgan fingerprint density at radius 2 is 2.50 bits per heavy atom. The molecule has 2 heterocycles. The van der Waals surface area contributed by atoms with Gasteiger partial charge >= 0.3 is 0 Å². The van der Waals surface area contributed by atoms with Crippen LogP contribution in [0.15, 0.2) is 12.4 Å². The maximum Gasteiger partial charge on any atom is 0.132 e. The zero-order valence-corrected chi connectivity index (χ0v) is 7.90. The van der Waals surface area contributed by atoms with Crippen LogP contribution in [-0.4, -0.2) is 19.4 Å². The number of anilines is 1. The Labute approximate surface area is 83.7 Å². The van der Waals surface area contributed by atoms with Gasteiger partial charge in [-0.2, -0.15) is 10.4 Å². The first-order valence-electron chi connectivity index (χ1n) is 3.79. The molecule has 0 spiro atoms. The van der Waals surface area contributed by atoms with Gasteiger partial charge in [0, 0.05) is 17.7 Å². The summed E-state index contributed by atoms with van der Waals surface area (Å²) < 4.78 is 5.31. The van der Waals surface area contributed by atoms with Crippen LogP contribution in [0.5, 0.6) is 0 Å². The second kappa shape index (κ2) is 3.43. The third-order valence-corrected chi connectivity index (χ3v) is 2.25. The Morgan fingerprint density at radius 3 is 3.07 bits per heavy atom. The summed E-state index contributed by atoms with van der Waals surface area (Å²) in [6, 6.07) is 1.99. The zero-order chi connectivity index (χ0) is 9.97. The standard InChI is InChI=1S/C7H6N6S/c8-1-5-2-10-13(3-5)4-6-7(9)14-12-11-6/h2-3H,4,9H2. The van der Waals surface area contributed by atoms with Crippen molar-refractivity contribution in [2.24, 2.45) is 0 Å². The highest BCUT2D eigenvalue weighted by atomic mass is 32.1. The maximum atomic E-state index is 8.58. The minimum Gasteiger partial charge on any atom is -0.388 e. The van der Waals surface area contributed by atoms with Crippen molar-refractivity contribution in [3.8, 4) is 6.07 Å². The van der Waals surface area contributed by atoms with Crippen LogP contribution in [0, 0.1) is 11.3 Å². The maximum absolute atomic E-state index is 8.58. The second-order valence-electron chi connectivity index (χ2n) is 2.62. The van der Waals surface area contributed by atoms with Gasteiger partial charge in [0.2, 0.25) is 0 Å². The Hall–Kier alpha value is -1.94. The van der Waals surface area contributed by atoms with Crippen LogP contribution >= 0.6 is 11.5 Å². The summed E-state index contributed by atoms with van der Waals surface area (Å²) in [4.78, 5) is 0. The molecule has 0 atom stereocenters. The molecule has 0 amide bonds. The van der Waals surface area contributed by atoms with Crippen LogP contribution in [0.2, 0.25) is 0 Å². The Balaban J connectivity index is 2.20. The molecular formula is C7H6N6S. The highest BCUT2D eigenvalue weighted by Gasteiger charge is 2.05. The highest BCUT2D eigenvalue weighted by molar-refractivity contribution is 7.09. The van der Waals surface area contributed by atoms with Crippen molar-refractivity contribution in [1.29, 1.82) is 5.26 Å². The van der Waals surface area contributed by atoms with Crippen LogP contribution in [0.1, 0.15) is 11.3 Å². The average molecular weight is 206 g/mol. The second-order valence-corrected chi connectivity index (χ2v) is 3.41. The van der Waals surface area contributed by atoms with Gasteiger partial charge in [-0.3, -0.25) is 4.68 Å². The van der Waals surface area contributed by atoms with E-state index < -0.39 is 0 Å². The number of rotatable bonds is 2. The highest BCUT2D eigenvalue weighted by Crippen LogP contribution is 2.13. The van der Waals surface area contributed by atoms with Gasteiger partial charge in [-0.25, -0.2) is 0 Å². The van der Waals surface area contributed by atoms with E-state index in [4.69, 9.17) is 11.0 Å². The molecule has 6 nitrogen and oxygen atoms in total. The number of nitrogens with zero attached hydrogens (tertiary/aromatic N) is 5. The quantitative estimate of drug-likeness (QED) is 0.759. The number of nitrogen functional groups attached to an aromatic ring is 1. The summed E-state index contributed by atoms with van der Waals surface area (Å²) in [6.07, 6.45) is 3.13. The summed E-state index contributed by atoms with van der Waals surface area (Å²) >= 11 is 1.15. The predicted octanol–water partition coefficient (Wildman–Crippen LogP) is 0.237. The number of hydrogen-bond acceptors (Lipinski definition) is 6. The van der Waals surface area contributed by atoms with Gasteiger partial charge in [0.15, 0.2) is 0 Å². The summed E-state index contributed by atoms with van der Waals surface area (Å²) in [7, 11) is 0. The van der Waals surface area contributed by atoms with Crippen LogP contribution in [0.25, 0.3) is 0 Å². The van der Waals surface area contributed by atoms with Gasteiger partial charge in [-0.15, -0.1) is 5.10 Å². The van der Waals surface area contributed by atoms with E-state index in [-0.39, 0.29) is 0 Å². The first-order chi connectivity index (χ1) is 6.79. The van der Waals surface area contributed by atoms with Crippen LogP contribution in [-0.2, 0) is 6.54 Å². The molecule has 0 radical (unpaired) electrons. The van der Waals surface area contributed by atoms with E-state index in [1.807, 2.05) is 6.07 Å². The summed E-state index contributed by atoms with van der Waals surface area (Å²) in [5.74, 6) is 0. The molecule has 7 heteroatoms. The van der Waals surface area contributed by atoms with E-state index in [1.54, 1.807) is 10.9 Å². The number of nitriles is 1. The lowest BCUT2D eigenvalue weighted by molar-refractivity contribution is 0.671. The molecule has 0 aliphatic rings. The van der Waals surface area contributed by atoms with Crippen molar-refractivity contribution in [2.75, 3.05) is 5.73 Å². The molecule has 2 aromatic rings. The monoisotopic (exact) mass is 206 g/mol. The molecule has 0 fully saturated rings. The molecule has 0 bridgehead atoms. The van der Waals surface area contributed by atoms with Crippen molar-refractivity contribution in [2.45, 2.75) is 6.54 Å². The minimum atomic E-state index is 0.448. The molecule has 0 aromatic carbocycles. The van der Waals surface area contributed by atoms with Crippen molar-refractivity contribution in [3.05, 3.63) is 23.7 Å². The molecule has 2 N–H and O–H groups in total. The number of hydrogen-bond donors (Lipinski definition) is 1. The summed E-state index contributed by atoms with van der Waals surface area (Å²) in [5, 5.41) is 17.0. The number of aromatic nitrogens is 4. The van der Waals surface area contributed by atoms with Gasteiger partial charge < -0.3 is 5.73 Å². The van der Waals surface area contributed by atoms with Crippen LogP contribution < -0.4 is 5.73 Å². The molecule has 2 rings (SSSR count). The minimum absolute atomic E-state index is 0.448. The molecule has 14 heavy (non-hydrogen) atoms. The van der Waals surface area contributed by atoms with Gasteiger partial charge in [0.05, 0.1) is 18.3 Å². The normalized spacial score (nSPS) is 9.93. The lowest BCUT2D eigenvalue weighted by atomic mass is 10.4. The van der Waals surface area contributed by atoms with Gasteiger partial charge in [-0.05, 0) is 0 Å². The van der Waals surface area contributed by atoms with Gasteiger partial charge in [0.25, 0.3) is 0 Å². The zero-order valence-electron chi connectivity index (χ0n) is 7.08. The SMILES string of the molecule is N#Cc1cnn(Cc2nnsc2N)c1. The Morgan fingerprint density at radius 1 is 1.64 bits per heavy atom. The topological polar surface area (TPSA) is 93.4 Å². The Bertz CT molecular complexity index is 478. The van der Waals surface area contributed by atoms with E-state index >= 15 is 0 Å². The summed E-state index contributed by atoms with van der Waals surface area (Å²) in [6.45, 7) is 0.448. The first kappa shape index (κ1) is 8.65. The van der Waals surface area contributed by atoms with E-state index in [9.17, 15) is 0 Å². The van der Waals surface area contributed by atoms with E-state index in [2.05, 4.69) is 14.7 Å². The Kier molecular flexibility index (Phi) is 2.12. The van der Waals surface area contributed by atoms with E-state index in [0.29, 0.717) is 22.8 Å². The molecule has 0 saturated heterocycles. The average Bonchev–Trinajstić information content (AvgIpc) is 2.77.